The normalized spacial score (nSPS) is 11.8. The van der Waals surface area contributed by atoms with Gasteiger partial charge in [-0.2, -0.15) is 5.10 Å². The summed E-state index contributed by atoms with van der Waals surface area (Å²) in [6.07, 6.45) is 5.85. The molecular weight excluding hydrogens is 438 g/mol. The second kappa shape index (κ2) is 11.1. The molecule has 0 radical (unpaired) electrons. The van der Waals surface area contributed by atoms with Crippen molar-refractivity contribution in [1.82, 2.24) is 10.4 Å². The molecule has 0 fully saturated rings. The van der Waals surface area contributed by atoms with E-state index in [1.807, 2.05) is 31.4 Å². The molecule has 0 saturated carbocycles. The highest BCUT2D eigenvalue weighted by atomic mass is 15.3. The molecule has 0 unspecified atom stereocenters. The van der Waals surface area contributed by atoms with Gasteiger partial charge in [0.25, 0.3) is 0 Å². The van der Waals surface area contributed by atoms with Crippen molar-refractivity contribution in [3.8, 4) is 22.3 Å². The number of nitrogens with one attached hydrogen (secondary N) is 1. The molecule has 0 bridgehead atoms. The number of aromatic nitrogens is 1. The summed E-state index contributed by atoms with van der Waals surface area (Å²) in [5.74, 6) is 0. The Balaban J connectivity index is 1.58. The Hall–Kier alpha value is -4.76. The molecule has 0 aliphatic carbocycles. The number of rotatable bonds is 7. The highest BCUT2D eigenvalue weighted by Crippen LogP contribution is 2.29. The number of hydrogen-bond donors (Lipinski definition) is 1. The second-order valence-corrected chi connectivity index (χ2v) is 8.41. The Labute approximate surface area is 212 Å². The van der Waals surface area contributed by atoms with Gasteiger partial charge in [0.2, 0.25) is 0 Å². The van der Waals surface area contributed by atoms with Gasteiger partial charge in [-0.3, -0.25) is 4.98 Å². The van der Waals surface area contributed by atoms with Crippen LogP contribution in [0.3, 0.4) is 0 Å². The third kappa shape index (κ3) is 5.31. The maximum absolute atomic E-state index is 4.65. The minimum absolute atomic E-state index is 0.864. The zero-order chi connectivity index (χ0) is 24.6. The Morgan fingerprint density at radius 1 is 0.611 bits per heavy atom. The lowest BCUT2D eigenvalue weighted by atomic mass is 9.92. The first kappa shape index (κ1) is 23.0. The first-order valence-corrected chi connectivity index (χ1v) is 12.0. The van der Waals surface area contributed by atoms with Gasteiger partial charge in [-0.1, -0.05) is 109 Å². The molecule has 1 aromatic heterocycles. The maximum atomic E-state index is 4.65. The lowest BCUT2D eigenvalue weighted by Crippen LogP contribution is -2.06. The number of nitrogens with zero attached hydrogens (tertiary/aromatic N) is 2. The van der Waals surface area contributed by atoms with E-state index in [1.165, 1.54) is 11.1 Å². The number of benzene rings is 4. The van der Waals surface area contributed by atoms with Gasteiger partial charge in [-0.15, -0.1) is 0 Å². The molecule has 0 aliphatic heterocycles. The minimum atomic E-state index is 0.864. The standard InChI is InChI=1S/C33H27N3/c1-34-36-33(28-19-17-26(18-20-28)25-10-4-2-5-11-25)23-32(27-12-6-3-7-13-27)30-15-8-14-29(22-30)31-16-9-21-35-24-31/h2-24,34H,1H3/b32-23+,36-33?. The highest BCUT2D eigenvalue weighted by Gasteiger charge is 2.11. The van der Waals surface area contributed by atoms with Crippen LogP contribution in [0.5, 0.6) is 0 Å². The van der Waals surface area contributed by atoms with E-state index >= 15 is 0 Å². The smallest absolute Gasteiger partial charge is 0.0907 e. The quantitative estimate of drug-likeness (QED) is 0.200. The summed E-state index contributed by atoms with van der Waals surface area (Å²) in [4.78, 5) is 4.29. The lowest BCUT2D eigenvalue weighted by molar-refractivity contribution is 0.903. The van der Waals surface area contributed by atoms with Crippen LogP contribution in [0.25, 0.3) is 27.8 Å². The molecule has 3 heteroatoms. The fourth-order valence-electron chi connectivity index (χ4n) is 4.25. The van der Waals surface area contributed by atoms with E-state index in [-0.39, 0.29) is 0 Å². The van der Waals surface area contributed by atoms with Crippen molar-refractivity contribution in [2.75, 3.05) is 7.05 Å². The predicted molar refractivity (Wildman–Crippen MR) is 151 cm³/mol. The van der Waals surface area contributed by atoms with Gasteiger partial charge in [-0.25, -0.2) is 0 Å². The summed E-state index contributed by atoms with van der Waals surface area (Å²) in [5, 5.41) is 4.65. The molecule has 174 valence electrons. The molecule has 0 amide bonds. The van der Waals surface area contributed by atoms with E-state index in [0.717, 1.165) is 39.1 Å². The zero-order valence-electron chi connectivity index (χ0n) is 20.2. The lowest BCUT2D eigenvalue weighted by Gasteiger charge is -2.13. The molecule has 3 nitrogen and oxygen atoms in total. The van der Waals surface area contributed by atoms with Crippen LogP contribution in [0, 0.1) is 0 Å². The maximum Gasteiger partial charge on any atom is 0.0907 e. The van der Waals surface area contributed by atoms with Crippen LogP contribution in [0.4, 0.5) is 0 Å². The van der Waals surface area contributed by atoms with E-state index < -0.39 is 0 Å². The average molecular weight is 466 g/mol. The molecule has 0 spiro atoms. The van der Waals surface area contributed by atoms with Crippen LogP contribution in [-0.4, -0.2) is 17.7 Å². The molecule has 1 N–H and O–H groups in total. The number of hydrazone groups is 1. The fraction of sp³-hybridized carbons (Fsp3) is 0.0303. The van der Waals surface area contributed by atoms with Crippen LogP contribution in [0.15, 0.2) is 145 Å². The summed E-state index contributed by atoms with van der Waals surface area (Å²) in [6.45, 7) is 0. The van der Waals surface area contributed by atoms with E-state index in [1.54, 1.807) is 6.20 Å². The first-order valence-electron chi connectivity index (χ1n) is 12.0. The summed E-state index contributed by atoms with van der Waals surface area (Å²) in [5.41, 5.74) is 12.8. The molecule has 36 heavy (non-hydrogen) atoms. The first-order chi connectivity index (χ1) is 17.8. The third-order valence-corrected chi connectivity index (χ3v) is 6.05. The summed E-state index contributed by atoms with van der Waals surface area (Å²) in [7, 11) is 1.83. The van der Waals surface area contributed by atoms with Gasteiger partial charge in [0.15, 0.2) is 0 Å². The Bertz CT molecular complexity index is 1470. The van der Waals surface area contributed by atoms with Gasteiger partial charge >= 0.3 is 0 Å². The molecule has 5 aromatic rings. The second-order valence-electron chi connectivity index (χ2n) is 8.41. The number of allylic oxidation sites excluding steroid dienone is 1. The molecule has 5 rings (SSSR count). The van der Waals surface area contributed by atoms with Crippen LogP contribution in [-0.2, 0) is 0 Å². The van der Waals surface area contributed by atoms with E-state index in [2.05, 4.69) is 125 Å². The molecule has 4 aromatic carbocycles. The van der Waals surface area contributed by atoms with E-state index in [9.17, 15) is 0 Å². The topological polar surface area (TPSA) is 37.3 Å². The molecule has 0 saturated heterocycles. The average Bonchev–Trinajstić information content (AvgIpc) is 2.97. The van der Waals surface area contributed by atoms with Gasteiger partial charge in [0.05, 0.1) is 5.71 Å². The van der Waals surface area contributed by atoms with Gasteiger partial charge in [-0.05, 0) is 51.6 Å². The molecular formula is C33H27N3. The Morgan fingerprint density at radius 2 is 1.25 bits per heavy atom. The van der Waals surface area contributed by atoms with Crippen molar-refractivity contribution < 1.29 is 0 Å². The van der Waals surface area contributed by atoms with Gasteiger partial charge in [0.1, 0.15) is 0 Å². The Morgan fingerprint density at radius 3 is 1.94 bits per heavy atom. The largest absolute Gasteiger partial charge is 0.313 e. The molecule has 0 aliphatic rings. The van der Waals surface area contributed by atoms with Crippen LogP contribution in [0.2, 0.25) is 0 Å². The minimum Gasteiger partial charge on any atom is -0.313 e. The predicted octanol–water partition coefficient (Wildman–Crippen LogP) is 7.47. The zero-order valence-corrected chi connectivity index (χ0v) is 20.2. The highest BCUT2D eigenvalue weighted by molar-refractivity contribution is 6.13. The monoisotopic (exact) mass is 465 g/mol. The van der Waals surface area contributed by atoms with Crippen molar-refractivity contribution in [2.45, 2.75) is 0 Å². The fourth-order valence-corrected chi connectivity index (χ4v) is 4.25. The van der Waals surface area contributed by atoms with Crippen molar-refractivity contribution in [3.05, 3.63) is 156 Å². The van der Waals surface area contributed by atoms with Gasteiger partial charge < -0.3 is 5.43 Å². The number of hydrogen-bond acceptors (Lipinski definition) is 3. The van der Waals surface area contributed by atoms with E-state index in [4.69, 9.17) is 0 Å². The van der Waals surface area contributed by atoms with Crippen molar-refractivity contribution in [2.24, 2.45) is 5.10 Å². The van der Waals surface area contributed by atoms with Gasteiger partial charge in [0, 0.05) is 30.6 Å². The van der Waals surface area contributed by atoms with Crippen molar-refractivity contribution in [3.63, 3.8) is 0 Å². The molecule has 0 atom stereocenters. The van der Waals surface area contributed by atoms with E-state index in [0.29, 0.717) is 0 Å². The van der Waals surface area contributed by atoms with Crippen molar-refractivity contribution >= 4 is 11.3 Å². The van der Waals surface area contributed by atoms with Crippen LogP contribution >= 0.6 is 0 Å². The Kier molecular flexibility index (Phi) is 7.10. The van der Waals surface area contributed by atoms with Crippen LogP contribution in [0.1, 0.15) is 16.7 Å². The number of pyridine rings is 1. The summed E-state index contributed by atoms with van der Waals surface area (Å²) >= 11 is 0. The van der Waals surface area contributed by atoms with Crippen LogP contribution < -0.4 is 5.43 Å². The summed E-state index contributed by atoms with van der Waals surface area (Å²) < 4.78 is 0. The van der Waals surface area contributed by atoms with Crippen molar-refractivity contribution in [1.29, 1.82) is 0 Å². The summed E-state index contributed by atoms with van der Waals surface area (Å²) in [6, 6.07) is 42.0. The third-order valence-electron chi connectivity index (χ3n) is 6.05. The molecule has 1 heterocycles. The SMILES string of the molecule is CNN=C(/C=C(\c1ccccc1)c1cccc(-c2cccnc2)c1)c1ccc(-c2ccccc2)cc1.